The first-order valence-electron chi connectivity index (χ1n) is 11.1. The van der Waals surface area contributed by atoms with Gasteiger partial charge in [-0.25, -0.2) is 10.2 Å². The lowest BCUT2D eigenvalue weighted by Crippen LogP contribution is -2.33. The second kappa shape index (κ2) is 11.5. The van der Waals surface area contributed by atoms with E-state index in [1.807, 2.05) is 48.5 Å². The van der Waals surface area contributed by atoms with Gasteiger partial charge >= 0.3 is 5.97 Å². The molecule has 1 amide bonds. The molecular weight excluding hydrogens is 524 g/mol. The molecule has 0 fully saturated rings. The summed E-state index contributed by atoms with van der Waals surface area (Å²) in [6, 6.07) is 25.4. The maximum Gasteiger partial charge on any atom is 0.343 e. The fourth-order valence-corrected chi connectivity index (χ4v) is 3.78. The molecule has 0 heterocycles. The number of hydrogen-bond donors (Lipinski definition) is 1. The van der Waals surface area contributed by atoms with E-state index in [4.69, 9.17) is 14.2 Å². The zero-order valence-electron chi connectivity index (χ0n) is 19.6. The Bertz CT molecular complexity index is 1440. The predicted molar refractivity (Wildman–Crippen MR) is 142 cm³/mol. The highest BCUT2D eigenvalue weighted by Crippen LogP contribution is 2.28. The van der Waals surface area contributed by atoms with Gasteiger partial charge in [-0.2, -0.15) is 5.10 Å². The fourth-order valence-electron chi connectivity index (χ4n) is 3.38. The number of fused-ring (bicyclic) bond motifs is 1. The van der Waals surface area contributed by atoms with Crippen LogP contribution >= 0.6 is 15.9 Å². The molecule has 0 radical (unpaired) electrons. The van der Waals surface area contributed by atoms with Crippen molar-refractivity contribution in [3.8, 4) is 17.2 Å². The van der Waals surface area contributed by atoms with E-state index in [2.05, 4.69) is 26.5 Å². The Morgan fingerprint density at radius 2 is 1.72 bits per heavy atom. The third-order valence-electron chi connectivity index (χ3n) is 5.24. The summed E-state index contributed by atoms with van der Waals surface area (Å²) in [6.45, 7) is 1.65. The van der Waals surface area contributed by atoms with E-state index in [1.165, 1.54) is 13.3 Å². The number of halogens is 1. The second-order valence-electron chi connectivity index (χ2n) is 7.81. The molecule has 0 aliphatic heterocycles. The van der Waals surface area contributed by atoms with E-state index in [9.17, 15) is 9.59 Å². The van der Waals surface area contributed by atoms with Gasteiger partial charge in [0.05, 0.1) is 18.9 Å². The molecule has 7 nitrogen and oxygen atoms in total. The van der Waals surface area contributed by atoms with Crippen LogP contribution in [0.25, 0.3) is 10.8 Å². The quantitative estimate of drug-likeness (QED) is 0.132. The third kappa shape index (κ3) is 6.28. The summed E-state index contributed by atoms with van der Waals surface area (Å²) >= 11 is 3.34. The van der Waals surface area contributed by atoms with Crippen LogP contribution in [0.15, 0.2) is 94.5 Å². The van der Waals surface area contributed by atoms with E-state index in [1.54, 1.807) is 43.3 Å². The van der Waals surface area contributed by atoms with Crippen LogP contribution in [0.2, 0.25) is 0 Å². The number of nitrogens with one attached hydrogen (secondary N) is 1. The monoisotopic (exact) mass is 546 g/mol. The van der Waals surface area contributed by atoms with Crippen molar-refractivity contribution < 1.29 is 23.8 Å². The summed E-state index contributed by atoms with van der Waals surface area (Å²) in [6.07, 6.45) is 0.709. The molecule has 0 aliphatic carbocycles. The minimum absolute atomic E-state index is 0.265. The molecule has 1 atom stereocenters. The Hall–Kier alpha value is -4.17. The van der Waals surface area contributed by atoms with Crippen molar-refractivity contribution in [3.05, 3.63) is 101 Å². The summed E-state index contributed by atoms with van der Waals surface area (Å²) in [5.74, 6) is 0.301. The molecule has 4 aromatic rings. The second-order valence-corrected chi connectivity index (χ2v) is 8.73. The Kier molecular flexibility index (Phi) is 7.97. The largest absolute Gasteiger partial charge is 0.493 e. The average Bonchev–Trinajstić information content (AvgIpc) is 2.89. The van der Waals surface area contributed by atoms with Crippen molar-refractivity contribution >= 4 is 44.8 Å². The smallest absolute Gasteiger partial charge is 0.343 e. The summed E-state index contributed by atoms with van der Waals surface area (Å²) in [7, 11) is 1.47. The molecule has 0 saturated carbocycles. The predicted octanol–water partition coefficient (Wildman–Crippen LogP) is 5.75. The Balaban J connectivity index is 1.35. The van der Waals surface area contributed by atoms with E-state index in [-0.39, 0.29) is 5.75 Å². The zero-order valence-corrected chi connectivity index (χ0v) is 21.2. The van der Waals surface area contributed by atoms with Crippen LogP contribution in [-0.4, -0.2) is 31.3 Å². The SMILES string of the molecule is COc1cc(/C=N\NC(=O)[C@H](C)Oc2ccc3ccccc3c2)ccc1OC(=O)c1cccc(Br)c1. The number of rotatable bonds is 8. The van der Waals surface area contributed by atoms with Crippen LogP contribution in [0.1, 0.15) is 22.8 Å². The van der Waals surface area contributed by atoms with Crippen LogP contribution < -0.4 is 19.6 Å². The van der Waals surface area contributed by atoms with Gasteiger partial charge in [0.25, 0.3) is 5.91 Å². The number of hydrazone groups is 1. The van der Waals surface area contributed by atoms with E-state index in [0.29, 0.717) is 22.6 Å². The normalized spacial score (nSPS) is 11.8. The number of carbonyl (C=O) groups excluding carboxylic acids is 2. The maximum absolute atomic E-state index is 12.4. The van der Waals surface area contributed by atoms with Gasteiger partial charge in [-0.05, 0) is 71.8 Å². The molecule has 0 saturated heterocycles. The van der Waals surface area contributed by atoms with Gasteiger partial charge in [0.1, 0.15) is 5.75 Å². The molecule has 36 heavy (non-hydrogen) atoms. The lowest BCUT2D eigenvalue weighted by atomic mass is 10.1. The summed E-state index contributed by atoms with van der Waals surface area (Å²) < 4.78 is 17.4. The molecular formula is C28H23BrN2O5. The molecule has 0 spiro atoms. The molecule has 0 aromatic heterocycles. The van der Waals surface area contributed by atoms with Gasteiger partial charge in [0.2, 0.25) is 0 Å². The highest BCUT2D eigenvalue weighted by Gasteiger charge is 2.15. The van der Waals surface area contributed by atoms with Crippen LogP contribution in [-0.2, 0) is 4.79 Å². The summed E-state index contributed by atoms with van der Waals surface area (Å²) in [5.41, 5.74) is 3.51. The van der Waals surface area contributed by atoms with Gasteiger partial charge in [0, 0.05) is 4.47 Å². The molecule has 182 valence electrons. The summed E-state index contributed by atoms with van der Waals surface area (Å²) in [5, 5.41) is 6.13. The minimum atomic E-state index is -0.752. The highest BCUT2D eigenvalue weighted by molar-refractivity contribution is 9.10. The van der Waals surface area contributed by atoms with Crippen molar-refractivity contribution in [2.75, 3.05) is 7.11 Å². The van der Waals surface area contributed by atoms with E-state index >= 15 is 0 Å². The maximum atomic E-state index is 12.4. The number of methoxy groups -OCH3 is 1. The Morgan fingerprint density at radius 3 is 2.50 bits per heavy atom. The molecule has 4 rings (SSSR count). The van der Waals surface area contributed by atoms with E-state index < -0.39 is 18.0 Å². The lowest BCUT2D eigenvalue weighted by molar-refractivity contribution is -0.127. The first-order chi connectivity index (χ1) is 17.4. The van der Waals surface area contributed by atoms with Crippen molar-refractivity contribution in [2.45, 2.75) is 13.0 Å². The molecule has 8 heteroatoms. The topological polar surface area (TPSA) is 86.2 Å². The number of ether oxygens (including phenoxy) is 3. The number of benzene rings is 4. The first-order valence-corrected chi connectivity index (χ1v) is 11.9. The van der Waals surface area contributed by atoms with Gasteiger partial charge in [-0.1, -0.05) is 52.3 Å². The van der Waals surface area contributed by atoms with Gasteiger partial charge in [-0.3, -0.25) is 4.79 Å². The van der Waals surface area contributed by atoms with Gasteiger partial charge in [0.15, 0.2) is 17.6 Å². The van der Waals surface area contributed by atoms with E-state index in [0.717, 1.165) is 15.2 Å². The number of nitrogens with zero attached hydrogens (tertiary/aromatic N) is 1. The van der Waals surface area contributed by atoms with Gasteiger partial charge < -0.3 is 14.2 Å². The average molecular weight is 547 g/mol. The standard InChI is InChI=1S/C28H23BrN2O5/c1-18(35-24-12-11-20-6-3-4-7-21(20)16-24)27(32)31-30-17-19-10-13-25(26(14-19)34-2)36-28(33)22-8-5-9-23(29)15-22/h3-18H,1-2H3,(H,31,32)/b30-17-/t18-/m0/s1. The number of hydrogen-bond acceptors (Lipinski definition) is 6. The number of esters is 1. The van der Waals surface area contributed by atoms with Crippen molar-refractivity contribution in [1.29, 1.82) is 0 Å². The number of carbonyl (C=O) groups is 2. The Labute approximate surface area is 216 Å². The minimum Gasteiger partial charge on any atom is -0.493 e. The van der Waals surface area contributed by atoms with Crippen molar-refractivity contribution in [3.63, 3.8) is 0 Å². The first kappa shape index (κ1) is 24.9. The van der Waals surface area contributed by atoms with Crippen molar-refractivity contribution in [2.24, 2.45) is 5.10 Å². The molecule has 1 N–H and O–H groups in total. The lowest BCUT2D eigenvalue weighted by Gasteiger charge is -2.13. The highest BCUT2D eigenvalue weighted by atomic mass is 79.9. The van der Waals surface area contributed by atoms with Gasteiger partial charge in [-0.15, -0.1) is 0 Å². The van der Waals surface area contributed by atoms with Crippen LogP contribution in [0.3, 0.4) is 0 Å². The molecule has 0 bridgehead atoms. The molecule has 0 aliphatic rings. The third-order valence-corrected chi connectivity index (χ3v) is 5.74. The van der Waals surface area contributed by atoms with Crippen LogP contribution in [0.5, 0.6) is 17.2 Å². The zero-order chi connectivity index (χ0) is 25.5. The van der Waals surface area contributed by atoms with Crippen LogP contribution in [0, 0.1) is 0 Å². The summed E-state index contributed by atoms with van der Waals surface area (Å²) in [4.78, 5) is 24.9. The fraction of sp³-hybridized carbons (Fsp3) is 0.107. The van der Waals surface area contributed by atoms with Crippen molar-refractivity contribution in [1.82, 2.24) is 5.43 Å². The van der Waals surface area contributed by atoms with Crippen LogP contribution in [0.4, 0.5) is 0 Å². The Morgan fingerprint density at radius 1 is 0.917 bits per heavy atom. The molecule has 4 aromatic carbocycles. The molecule has 0 unspecified atom stereocenters. The number of amides is 1.